The molecular formula is C19H31NO. The molecule has 118 valence electrons. The van der Waals surface area contributed by atoms with E-state index in [4.69, 9.17) is 0 Å². The van der Waals surface area contributed by atoms with E-state index in [-0.39, 0.29) is 11.5 Å². The Kier molecular flexibility index (Phi) is 4.18. The molecule has 1 fully saturated rings. The lowest BCUT2D eigenvalue weighted by molar-refractivity contribution is 0.0978. The van der Waals surface area contributed by atoms with E-state index in [0.717, 1.165) is 25.3 Å². The first-order valence-electron chi connectivity index (χ1n) is 8.83. The third-order valence-corrected chi connectivity index (χ3v) is 5.69. The van der Waals surface area contributed by atoms with Crippen molar-refractivity contribution in [3.05, 3.63) is 23.0 Å². The van der Waals surface area contributed by atoms with Gasteiger partial charge in [-0.15, -0.1) is 0 Å². The topological polar surface area (TPSA) is 25.2 Å². The van der Waals surface area contributed by atoms with Gasteiger partial charge in [-0.25, -0.2) is 0 Å². The van der Waals surface area contributed by atoms with Crippen LogP contribution in [0.4, 0.5) is 0 Å². The van der Waals surface area contributed by atoms with Crippen molar-refractivity contribution in [2.24, 2.45) is 11.3 Å². The first kappa shape index (κ1) is 15.1. The maximum absolute atomic E-state index is 10.4. The van der Waals surface area contributed by atoms with E-state index in [1.165, 1.54) is 55.5 Å². The molecule has 0 aliphatic heterocycles. The summed E-state index contributed by atoms with van der Waals surface area (Å²) in [6.07, 6.45) is 10.2. The molecule has 2 nitrogen and oxygen atoms in total. The van der Waals surface area contributed by atoms with E-state index >= 15 is 0 Å². The highest BCUT2D eigenvalue weighted by Crippen LogP contribution is 2.42. The molecule has 2 aliphatic carbocycles. The molecule has 0 bridgehead atoms. The third-order valence-electron chi connectivity index (χ3n) is 5.69. The van der Waals surface area contributed by atoms with Gasteiger partial charge in [0.25, 0.3) is 0 Å². The van der Waals surface area contributed by atoms with Crippen molar-refractivity contribution < 1.29 is 5.11 Å². The molecule has 0 radical (unpaired) electrons. The first-order chi connectivity index (χ1) is 9.96. The fourth-order valence-electron chi connectivity index (χ4n) is 4.50. The Morgan fingerprint density at radius 1 is 1.24 bits per heavy atom. The summed E-state index contributed by atoms with van der Waals surface area (Å²) in [6.45, 7) is 7.92. The van der Waals surface area contributed by atoms with Crippen LogP contribution in [0.5, 0.6) is 0 Å². The summed E-state index contributed by atoms with van der Waals surface area (Å²) >= 11 is 0. The lowest BCUT2D eigenvalue weighted by atomic mass is 9.75. The number of hydrogen-bond donors (Lipinski definition) is 1. The Bertz CT molecular complexity index is 494. The van der Waals surface area contributed by atoms with Crippen molar-refractivity contribution in [3.8, 4) is 0 Å². The lowest BCUT2D eigenvalue weighted by Crippen LogP contribution is -2.27. The Morgan fingerprint density at radius 2 is 1.95 bits per heavy atom. The highest BCUT2D eigenvalue weighted by Gasteiger charge is 2.34. The van der Waals surface area contributed by atoms with Crippen LogP contribution in [0.1, 0.15) is 81.8 Å². The molecule has 3 rings (SSSR count). The van der Waals surface area contributed by atoms with Gasteiger partial charge >= 0.3 is 0 Å². The maximum atomic E-state index is 10.4. The van der Waals surface area contributed by atoms with Gasteiger partial charge in [-0.05, 0) is 43.6 Å². The van der Waals surface area contributed by atoms with Gasteiger partial charge in [0.05, 0.1) is 6.10 Å². The standard InChI is InChI=1S/C19H31NO/c1-14-11-16-17(12-19(2,3)13-18(16)21)20(14)10-9-15-7-5-4-6-8-15/h11,15,18,21H,4-10,12-13H2,1-3H3. The lowest BCUT2D eigenvalue weighted by Gasteiger charge is -2.34. The monoisotopic (exact) mass is 289 g/mol. The number of aromatic nitrogens is 1. The normalized spacial score (nSPS) is 25.8. The molecule has 2 aliphatic rings. The molecule has 1 saturated carbocycles. The molecule has 0 spiro atoms. The largest absolute Gasteiger partial charge is 0.388 e. The van der Waals surface area contributed by atoms with E-state index in [0.29, 0.717) is 0 Å². The van der Waals surface area contributed by atoms with Crippen molar-refractivity contribution in [3.63, 3.8) is 0 Å². The van der Waals surface area contributed by atoms with Gasteiger partial charge in [0.15, 0.2) is 0 Å². The second-order valence-corrected chi connectivity index (χ2v) is 8.19. The summed E-state index contributed by atoms with van der Waals surface area (Å²) in [5.41, 5.74) is 4.18. The average Bonchev–Trinajstić information content (AvgIpc) is 2.73. The molecule has 0 aromatic carbocycles. The third kappa shape index (κ3) is 3.21. The van der Waals surface area contributed by atoms with Crippen molar-refractivity contribution in [1.82, 2.24) is 4.57 Å². The van der Waals surface area contributed by atoms with Crippen molar-refractivity contribution in [2.45, 2.75) is 84.8 Å². The zero-order valence-corrected chi connectivity index (χ0v) is 14.0. The van der Waals surface area contributed by atoms with Crippen LogP contribution in [-0.4, -0.2) is 9.67 Å². The highest BCUT2D eigenvalue weighted by molar-refractivity contribution is 5.33. The van der Waals surface area contributed by atoms with Gasteiger partial charge in [0.2, 0.25) is 0 Å². The molecule has 1 heterocycles. The van der Waals surface area contributed by atoms with Crippen molar-refractivity contribution >= 4 is 0 Å². The number of hydrogen-bond acceptors (Lipinski definition) is 1. The quantitative estimate of drug-likeness (QED) is 0.851. The van der Waals surface area contributed by atoms with Crippen molar-refractivity contribution in [2.75, 3.05) is 0 Å². The van der Waals surface area contributed by atoms with Gasteiger partial charge in [-0.3, -0.25) is 0 Å². The molecular weight excluding hydrogens is 258 g/mol. The zero-order valence-electron chi connectivity index (χ0n) is 14.0. The molecule has 0 saturated heterocycles. The van der Waals surface area contributed by atoms with Gasteiger partial charge in [-0.2, -0.15) is 0 Å². The molecule has 1 aromatic heterocycles. The molecule has 1 aromatic rings. The van der Waals surface area contributed by atoms with Crippen LogP contribution in [0.15, 0.2) is 6.07 Å². The number of rotatable bonds is 3. The smallest absolute Gasteiger partial charge is 0.0812 e. The average molecular weight is 289 g/mol. The minimum Gasteiger partial charge on any atom is -0.388 e. The van der Waals surface area contributed by atoms with E-state index in [9.17, 15) is 5.11 Å². The minimum atomic E-state index is -0.265. The Labute approximate surface area is 129 Å². The summed E-state index contributed by atoms with van der Waals surface area (Å²) in [6, 6.07) is 2.23. The van der Waals surface area contributed by atoms with Gasteiger partial charge in [0.1, 0.15) is 0 Å². The predicted molar refractivity (Wildman–Crippen MR) is 87.4 cm³/mol. The fourth-order valence-corrected chi connectivity index (χ4v) is 4.50. The molecule has 1 atom stereocenters. The summed E-state index contributed by atoms with van der Waals surface area (Å²) in [4.78, 5) is 0. The van der Waals surface area contributed by atoms with Crippen molar-refractivity contribution in [1.29, 1.82) is 0 Å². The van der Waals surface area contributed by atoms with Gasteiger partial charge in [-0.1, -0.05) is 46.0 Å². The van der Waals surface area contributed by atoms with Crippen LogP contribution in [-0.2, 0) is 13.0 Å². The molecule has 21 heavy (non-hydrogen) atoms. The molecule has 0 amide bonds. The number of aryl methyl sites for hydroxylation is 1. The van der Waals surface area contributed by atoms with Crippen LogP contribution in [0.2, 0.25) is 0 Å². The van der Waals surface area contributed by atoms with Crippen LogP contribution < -0.4 is 0 Å². The SMILES string of the molecule is Cc1cc2c(n1CCC1CCCCC1)CC(C)(C)CC2O. The number of nitrogens with zero attached hydrogens (tertiary/aromatic N) is 1. The number of fused-ring (bicyclic) bond motifs is 1. The summed E-state index contributed by atoms with van der Waals surface area (Å²) in [7, 11) is 0. The summed E-state index contributed by atoms with van der Waals surface area (Å²) < 4.78 is 2.51. The van der Waals surface area contributed by atoms with Crippen LogP contribution >= 0.6 is 0 Å². The molecule has 2 heteroatoms. The maximum Gasteiger partial charge on any atom is 0.0812 e. The van der Waals surface area contributed by atoms with E-state index in [1.807, 2.05) is 0 Å². The summed E-state index contributed by atoms with van der Waals surface area (Å²) in [5, 5.41) is 10.4. The van der Waals surface area contributed by atoms with E-state index in [2.05, 4.69) is 31.4 Å². The first-order valence-corrected chi connectivity index (χ1v) is 8.83. The Balaban J connectivity index is 1.76. The minimum absolute atomic E-state index is 0.222. The van der Waals surface area contributed by atoms with Crippen LogP contribution in [0, 0.1) is 18.3 Å². The molecule has 1 unspecified atom stereocenters. The number of aliphatic hydroxyl groups excluding tert-OH is 1. The molecule has 1 N–H and O–H groups in total. The fraction of sp³-hybridized carbons (Fsp3) is 0.789. The van der Waals surface area contributed by atoms with E-state index in [1.54, 1.807) is 0 Å². The van der Waals surface area contributed by atoms with Crippen LogP contribution in [0.25, 0.3) is 0 Å². The zero-order chi connectivity index (χ0) is 15.0. The second kappa shape index (κ2) is 5.79. The predicted octanol–water partition coefficient (Wildman–Crippen LogP) is 4.77. The van der Waals surface area contributed by atoms with E-state index < -0.39 is 0 Å². The Morgan fingerprint density at radius 3 is 2.67 bits per heavy atom. The van der Waals surface area contributed by atoms with Gasteiger partial charge in [0, 0.05) is 23.5 Å². The van der Waals surface area contributed by atoms with Crippen LogP contribution in [0.3, 0.4) is 0 Å². The summed E-state index contributed by atoms with van der Waals surface area (Å²) in [5.74, 6) is 0.928. The Hall–Kier alpha value is -0.760. The second-order valence-electron chi connectivity index (χ2n) is 8.19. The number of aliphatic hydroxyl groups is 1. The highest BCUT2D eigenvalue weighted by atomic mass is 16.3. The van der Waals surface area contributed by atoms with Gasteiger partial charge < -0.3 is 9.67 Å².